The predicted molar refractivity (Wildman–Crippen MR) is 85.8 cm³/mol. The molecule has 1 aromatic rings. The molecule has 1 aromatic heterocycles. The highest BCUT2D eigenvalue weighted by Crippen LogP contribution is 2.18. The smallest absolute Gasteiger partial charge is 0.191 e. The molecule has 6 nitrogen and oxygen atoms in total. The zero-order valence-corrected chi connectivity index (χ0v) is 13.6. The molecule has 0 radical (unpaired) electrons. The quantitative estimate of drug-likeness (QED) is 0.430. The number of hydrogen-bond donors (Lipinski definition) is 2. The van der Waals surface area contributed by atoms with Crippen LogP contribution in [0, 0.1) is 0 Å². The van der Waals surface area contributed by atoms with Crippen molar-refractivity contribution in [3.8, 4) is 0 Å². The molecule has 2 N–H and O–H groups in total. The maximum atomic E-state index is 5.02. The first-order chi connectivity index (χ1) is 9.67. The monoisotopic (exact) mass is 299 g/mol. The number of rotatable bonds is 8. The minimum Gasteiger partial charge on any atom is -0.385 e. The fourth-order valence-electron chi connectivity index (χ4n) is 1.50. The normalized spacial score (nSPS) is 11.5. The SMILES string of the molecule is CCNC(=NCc1csc(N(C)C)n1)NCCCOC. The minimum absolute atomic E-state index is 0.587. The number of nitrogens with one attached hydrogen (secondary N) is 2. The van der Waals surface area contributed by atoms with E-state index in [9.17, 15) is 0 Å². The van der Waals surface area contributed by atoms with E-state index in [-0.39, 0.29) is 0 Å². The van der Waals surface area contributed by atoms with Crippen molar-refractivity contribution < 1.29 is 4.74 Å². The van der Waals surface area contributed by atoms with Crippen LogP contribution in [0.2, 0.25) is 0 Å². The molecule has 0 fully saturated rings. The Morgan fingerprint density at radius 2 is 2.25 bits per heavy atom. The van der Waals surface area contributed by atoms with Gasteiger partial charge in [-0.1, -0.05) is 0 Å². The molecule has 20 heavy (non-hydrogen) atoms. The standard InChI is InChI=1S/C13H25N5OS/c1-5-14-12(15-7-6-8-19-4)16-9-11-10-20-13(17-11)18(2)3/h10H,5-9H2,1-4H3,(H2,14,15,16). The Morgan fingerprint density at radius 1 is 1.45 bits per heavy atom. The minimum atomic E-state index is 0.587. The van der Waals surface area contributed by atoms with E-state index in [0.717, 1.165) is 42.9 Å². The highest BCUT2D eigenvalue weighted by atomic mass is 32.1. The van der Waals surface area contributed by atoms with Crippen LogP contribution in [0.3, 0.4) is 0 Å². The largest absolute Gasteiger partial charge is 0.385 e. The van der Waals surface area contributed by atoms with Gasteiger partial charge in [0.15, 0.2) is 11.1 Å². The molecule has 0 saturated heterocycles. The van der Waals surface area contributed by atoms with E-state index < -0.39 is 0 Å². The van der Waals surface area contributed by atoms with Gasteiger partial charge in [0.05, 0.1) is 12.2 Å². The third kappa shape index (κ3) is 6.21. The zero-order chi connectivity index (χ0) is 14.8. The summed E-state index contributed by atoms with van der Waals surface area (Å²) in [5.74, 6) is 0.822. The summed E-state index contributed by atoms with van der Waals surface area (Å²) in [4.78, 5) is 11.1. The first-order valence-electron chi connectivity index (χ1n) is 6.80. The number of anilines is 1. The molecule has 0 aliphatic heterocycles. The molecule has 114 valence electrons. The maximum absolute atomic E-state index is 5.02. The van der Waals surface area contributed by atoms with Crippen LogP contribution >= 0.6 is 11.3 Å². The molecule has 0 unspecified atom stereocenters. The Morgan fingerprint density at radius 3 is 2.85 bits per heavy atom. The van der Waals surface area contributed by atoms with Crippen molar-refractivity contribution in [3.63, 3.8) is 0 Å². The third-order valence-electron chi connectivity index (χ3n) is 2.48. The number of hydrogen-bond acceptors (Lipinski definition) is 5. The average molecular weight is 299 g/mol. The Balaban J connectivity index is 2.47. The van der Waals surface area contributed by atoms with Gasteiger partial charge >= 0.3 is 0 Å². The van der Waals surface area contributed by atoms with Gasteiger partial charge in [-0.05, 0) is 13.3 Å². The number of methoxy groups -OCH3 is 1. The fraction of sp³-hybridized carbons (Fsp3) is 0.692. The second-order valence-electron chi connectivity index (χ2n) is 4.48. The summed E-state index contributed by atoms with van der Waals surface area (Å²) in [5, 5.41) is 9.56. The molecule has 0 aliphatic rings. The third-order valence-corrected chi connectivity index (χ3v) is 3.54. The number of aromatic nitrogens is 1. The van der Waals surface area contributed by atoms with Crippen molar-refractivity contribution in [2.24, 2.45) is 4.99 Å². The lowest BCUT2D eigenvalue weighted by Crippen LogP contribution is -2.38. The van der Waals surface area contributed by atoms with Crippen molar-refractivity contribution in [1.29, 1.82) is 0 Å². The van der Waals surface area contributed by atoms with E-state index in [4.69, 9.17) is 4.74 Å². The molecular formula is C13H25N5OS. The average Bonchev–Trinajstić information content (AvgIpc) is 2.90. The Labute approximate surface area is 125 Å². The van der Waals surface area contributed by atoms with E-state index >= 15 is 0 Å². The van der Waals surface area contributed by atoms with Gasteiger partial charge < -0.3 is 20.3 Å². The van der Waals surface area contributed by atoms with Crippen molar-refractivity contribution in [2.75, 3.05) is 45.8 Å². The highest BCUT2D eigenvalue weighted by molar-refractivity contribution is 7.13. The maximum Gasteiger partial charge on any atom is 0.191 e. The van der Waals surface area contributed by atoms with Crippen molar-refractivity contribution >= 4 is 22.4 Å². The Hall–Kier alpha value is -1.34. The van der Waals surface area contributed by atoms with Crippen LogP contribution < -0.4 is 15.5 Å². The van der Waals surface area contributed by atoms with Gasteiger partial charge in [0.1, 0.15) is 0 Å². The first kappa shape index (κ1) is 16.7. The van der Waals surface area contributed by atoms with Gasteiger partial charge in [-0.2, -0.15) is 0 Å². The summed E-state index contributed by atoms with van der Waals surface area (Å²) >= 11 is 1.64. The van der Waals surface area contributed by atoms with E-state index in [0.29, 0.717) is 6.54 Å². The van der Waals surface area contributed by atoms with E-state index in [1.807, 2.05) is 24.4 Å². The van der Waals surface area contributed by atoms with Gasteiger partial charge in [-0.15, -0.1) is 11.3 Å². The predicted octanol–water partition coefficient (Wildman–Crippen LogP) is 1.30. The molecule has 1 heterocycles. The molecular weight excluding hydrogens is 274 g/mol. The van der Waals surface area contributed by atoms with E-state index in [2.05, 4.69) is 27.5 Å². The van der Waals surface area contributed by atoms with Gasteiger partial charge in [0.25, 0.3) is 0 Å². The van der Waals surface area contributed by atoms with Crippen LogP contribution in [0.4, 0.5) is 5.13 Å². The summed E-state index contributed by atoms with van der Waals surface area (Å²) < 4.78 is 5.02. The molecule has 0 amide bonds. The van der Waals surface area contributed by atoms with E-state index in [1.54, 1.807) is 18.4 Å². The Kier molecular flexibility index (Phi) is 7.98. The van der Waals surface area contributed by atoms with Gasteiger partial charge in [-0.3, -0.25) is 0 Å². The second-order valence-corrected chi connectivity index (χ2v) is 5.32. The summed E-state index contributed by atoms with van der Waals surface area (Å²) in [7, 11) is 5.70. The zero-order valence-electron chi connectivity index (χ0n) is 12.8. The first-order valence-corrected chi connectivity index (χ1v) is 7.68. The fourth-order valence-corrected chi connectivity index (χ4v) is 2.25. The number of guanidine groups is 1. The van der Waals surface area contributed by atoms with Crippen LogP contribution in [0.5, 0.6) is 0 Å². The number of aliphatic imine (C=N–C) groups is 1. The summed E-state index contributed by atoms with van der Waals surface area (Å²) in [6, 6.07) is 0. The highest BCUT2D eigenvalue weighted by Gasteiger charge is 2.03. The molecule has 1 rings (SSSR count). The molecule has 7 heteroatoms. The topological polar surface area (TPSA) is 61.8 Å². The molecule has 0 aliphatic carbocycles. The van der Waals surface area contributed by atoms with Crippen LogP contribution in [0.15, 0.2) is 10.4 Å². The van der Waals surface area contributed by atoms with Crippen molar-refractivity contribution in [1.82, 2.24) is 15.6 Å². The van der Waals surface area contributed by atoms with Gasteiger partial charge in [0, 0.05) is 46.3 Å². The molecule has 0 bridgehead atoms. The van der Waals surface area contributed by atoms with Crippen LogP contribution in [-0.2, 0) is 11.3 Å². The molecule has 0 spiro atoms. The van der Waals surface area contributed by atoms with Crippen molar-refractivity contribution in [2.45, 2.75) is 19.9 Å². The lowest BCUT2D eigenvalue weighted by Gasteiger charge is -2.10. The van der Waals surface area contributed by atoms with Crippen LogP contribution in [0.1, 0.15) is 19.0 Å². The number of nitrogens with zero attached hydrogens (tertiary/aromatic N) is 3. The van der Waals surface area contributed by atoms with E-state index in [1.165, 1.54) is 0 Å². The van der Waals surface area contributed by atoms with Crippen LogP contribution in [-0.4, -0.2) is 51.8 Å². The number of ether oxygens (including phenoxy) is 1. The van der Waals surface area contributed by atoms with Crippen LogP contribution in [0.25, 0.3) is 0 Å². The van der Waals surface area contributed by atoms with Gasteiger partial charge in [-0.25, -0.2) is 9.98 Å². The van der Waals surface area contributed by atoms with Crippen molar-refractivity contribution in [3.05, 3.63) is 11.1 Å². The molecule has 0 aromatic carbocycles. The molecule has 0 atom stereocenters. The summed E-state index contributed by atoms with van der Waals surface area (Å²) in [5.41, 5.74) is 0.993. The summed E-state index contributed by atoms with van der Waals surface area (Å²) in [6.45, 7) is 5.09. The Bertz CT molecular complexity index is 405. The molecule has 0 saturated carbocycles. The lowest BCUT2D eigenvalue weighted by atomic mass is 10.4. The number of thiazole rings is 1. The lowest BCUT2D eigenvalue weighted by molar-refractivity contribution is 0.195. The van der Waals surface area contributed by atoms with Gasteiger partial charge in [0.2, 0.25) is 0 Å². The summed E-state index contributed by atoms with van der Waals surface area (Å²) in [6.07, 6.45) is 0.961. The second kappa shape index (κ2) is 9.55.